The van der Waals surface area contributed by atoms with E-state index in [0.717, 1.165) is 16.8 Å². The molecule has 1 amide bonds. The second-order valence-corrected chi connectivity index (χ2v) is 5.83. The largest absolute Gasteiger partial charge is 0.424 e. The Morgan fingerprint density at radius 2 is 1.50 bits per heavy atom. The quantitative estimate of drug-likeness (QED) is 0.555. The molecule has 5 heteroatoms. The summed E-state index contributed by atoms with van der Waals surface area (Å²) in [5, 5.41) is 6.04. The summed E-state index contributed by atoms with van der Waals surface area (Å²) in [5.41, 5.74) is 2.97. The Morgan fingerprint density at radius 3 is 2.23 bits per heavy atom. The minimum absolute atomic E-state index is 0.190. The zero-order chi connectivity index (χ0) is 17.8. The van der Waals surface area contributed by atoms with Gasteiger partial charge in [0.2, 0.25) is 0 Å². The molecule has 0 fully saturated rings. The zero-order valence-corrected chi connectivity index (χ0v) is 13.9. The van der Waals surface area contributed by atoms with Crippen LogP contribution in [0.5, 0.6) is 0 Å². The summed E-state index contributed by atoms with van der Waals surface area (Å²) in [6.45, 7) is 0. The standard InChI is InChI=1S/C21H17N3O2/c25-20(22-16-11-5-2-6-12-16)19(15-9-3-1-4-10-15)24-21-23-17-13-7-8-14-18(17)26-21/h1-14,19H,(H,22,25)(H,23,24)/t19-/m1/s1. The third-order valence-corrected chi connectivity index (χ3v) is 4.00. The highest BCUT2D eigenvalue weighted by atomic mass is 16.4. The van der Waals surface area contributed by atoms with Crippen LogP contribution in [0.4, 0.5) is 11.7 Å². The van der Waals surface area contributed by atoms with Gasteiger partial charge >= 0.3 is 0 Å². The van der Waals surface area contributed by atoms with Gasteiger partial charge in [0.15, 0.2) is 5.58 Å². The molecule has 4 rings (SSSR count). The fourth-order valence-corrected chi connectivity index (χ4v) is 2.74. The first-order valence-corrected chi connectivity index (χ1v) is 8.32. The normalized spacial score (nSPS) is 11.8. The lowest BCUT2D eigenvalue weighted by molar-refractivity contribution is -0.117. The number of para-hydroxylation sites is 3. The molecule has 0 aliphatic rings. The van der Waals surface area contributed by atoms with Crippen LogP contribution in [0.3, 0.4) is 0 Å². The first-order chi connectivity index (χ1) is 12.8. The number of hydrogen-bond donors (Lipinski definition) is 2. The zero-order valence-electron chi connectivity index (χ0n) is 13.9. The first-order valence-electron chi connectivity index (χ1n) is 8.32. The molecule has 4 aromatic rings. The summed E-state index contributed by atoms with van der Waals surface area (Å²) in [6.07, 6.45) is 0. The lowest BCUT2D eigenvalue weighted by atomic mass is 10.1. The lowest BCUT2D eigenvalue weighted by Gasteiger charge is -2.17. The second kappa shape index (κ2) is 7.11. The van der Waals surface area contributed by atoms with Crippen molar-refractivity contribution >= 4 is 28.7 Å². The van der Waals surface area contributed by atoms with Gasteiger partial charge in [-0.25, -0.2) is 0 Å². The van der Waals surface area contributed by atoms with E-state index >= 15 is 0 Å². The van der Waals surface area contributed by atoms with E-state index in [1.165, 1.54) is 0 Å². The number of carbonyl (C=O) groups excluding carboxylic acids is 1. The summed E-state index contributed by atoms with van der Waals surface area (Å²) in [4.78, 5) is 17.3. The molecule has 0 aliphatic carbocycles. The summed E-state index contributed by atoms with van der Waals surface area (Å²) >= 11 is 0. The minimum atomic E-state index is -0.635. The molecule has 128 valence electrons. The molecule has 2 N–H and O–H groups in total. The molecule has 0 aliphatic heterocycles. The maximum Gasteiger partial charge on any atom is 0.296 e. The van der Waals surface area contributed by atoms with Gasteiger partial charge in [0.1, 0.15) is 11.6 Å². The maximum absolute atomic E-state index is 12.9. The van der Waals surface area contributed by atoms with Crippen LogP contribution in [-0.2, 0) is 4.79 Å². The molecular weight excluding hydrogens is 326 g/mol. The number of anilines is 2. The van der Waals surface area contributed by atoms with E-state index in [4.69, 9.17) is 4.42 Å². The van der Waals surface area contributed by atoms with E-state index in [1.54, 1.807) is 0 Å². The van der Waals surface area contributed by atoms with Crippen molar-refractivity contribution in [2.75, 3.05) is 10.6 Å². The van der Waals surface area contributed by atoms with Crippen molar-refractivity contribution in [1.29, 1.82) is 0 Å². The Morgan fingerprint density at radius 1 is 0.846 bits per heavy atom. The Kier molecular flexibility index (Phi) is 4.35. The number of hydrogen-bond acceptors (Lipinski definition) is 4. The summed E-state index contributed by atoms with van der Waals surface area (Å²) in [7, 11) is 0. The van der Waals surface area contributed by atoms with Crippen molar-refractivity contribution in [1.82, 2.24) is 4.98 Å². The van der Waals surface area contributed by atoms with Crippen molar-refractivity contribution in [3.63, 3.8) is 0 Å². The Hall–Kier alpha value is -3.60. The Labute approximate surface area is 150 Å². The molecule has 0 saturated carbocycles. The van der Waals surface area contributed by atoms with Crippen LogP contribution >= 0.6 is 0 Å². The number of aromatic nitrogens is 1. The van der Waals surface area contributed by atoms with Crippen LogP contribution in [0.1, 0.15) is 11.6 Å². The molecule has 1 aromatic heterocycles. The highest BCUT2D eigenvalue weighted by Crippen LogP contribution is 2.24. The average Bonchev–Trinajstić information content (AvgIpc) is 3.10. The van der Waals surface area contributed by atoms with Crippen molar-refractivity contribution in [2.24, 2.45) is 0 Å². The van der Waals surface area contributed by atoms with Crippen LogP contribution < -0.4 is 10.6 Å². The number of fused-ring (bicyclic) bond motifs is 1. The first kappa shape index (κ1) is 15.9. The lowest BCUT2D eigenvalue weighted by Crippen LogP contribution is -2.27. The number of nitrogens with zero attached hydrogens (tertiary/aromatic N) is 1. The number of benzene rings is 3. The highest BCUT2D eigenvalue weighted by Gasteiger charge is 2.22. The molecular formula is C21H17N3O2. The minimum Gasteiger partial charge on any atom is -0.424 e. The molecule has 3 aromatic carbocycles. The van der Waals surface area contributed by atoms with Crippen molar-refractivity contribution < 1.29 is 9.21 Å². The van der Waals surface area contributed by atoms with Gasteiger partial charge in [0.05, 0.1) is 0 Å². The van der Waals surface area contributed by atoms with Gasteiger partial charge in [-0.3, -0.25) is 4.79 Å². The molecule has 5 nitrogen and oxygen atoms in total. The number of amides is 1. The number of oxazole rings is 1. The molecule has 1 atom stereocenters. The van der Waals surface area contributed by atoms with E-state index in [2.05, 4.69) is 15.6 Å². The van der Waals surface area contributed by atoms with Crippen LogP contribution in [0.15, 0.2) is 89.3 Å². The van der Waals surface area contributed by atoms with Crippen molar-refractivity contribution in [2.45, 2.75) is 6.04 Å². The molecule has 26 heavy (non-hydrogen) atoms. The van der Waals surface area contributed by atoms with Crippen LogP contribution in [-0.4, -0.2) is 10.9 Å². The van der Waals surface area contributed by atoms with Gasteiger partial charge in [-0.15, -0.1) is 0 Å². The molecule has 0 spiro atoms. The summed E-state index contributed by atoms with van der Waals surface area (Å²) < 4.78 is 5.72. The van der Waals surface area contributed by atoms with E-state index in [1.807, 2.05) is 84.9 Å². The fraction of sp³-hybridized carbons (Fsp3) is 0.0476. The van der Waals surface area contributed by atoms with E-state index in [-0.39, 0.29) is 5.91 Å². The number of carbonyl (C=O) groups is 1. The van der Waals surface area contributed by atoms with Gasteiger partial charge in [-0.05, 0) is 29.8 Å². The summed E-state index contributed by atoms with van der Waals surface area (Å²) in [6, 6.07) is 26.0. The molecule has 1 heterocycles. The number of rotatable bonds is 5. The topological polar surface area (TPSA) is 67.2 Å². The van der Waals surface area contributed by atoms with Gasteiger partial charge in [0.25, 0.3) is 11.9 Å². The number of nitrogens with one attached hydrogen (secondary N) is 2. The van der Waals surface area contributed by atoms with Crippen molar-refractivity contribution in [3.05, 3.63) is 90.5 Å². The predicted molar refractivity (Wildman–Crippen MR) is 102 cm³/mol. The molecule has 0 unspecified atom stereocenters. The van der Waals surface area contributed by atoms with E-state index in [9.17, 15) is 4.79 Å². The van der Waals surface area contributed by atoms with Gasteiger partial charge in [0, 0.05) is 5.69 Å². The van der Waals surface area contributed by atoms with Crippen LogP contribution in [0, 0.1) is 0 Å². The summed E-state index contributed by atoms with van der Waals surface area (Å²) in [5.74, 6) is -0.190. The fourth-order valence-electron chi connectivity index (χ4n) is 2.74. The van der Waals surface area contributed by atoms with Gasteiger partial charge < -0.3 is 15.1 Å². The second-order valence-electron chi connectivity index (χ2n) is 5.83. The SMILES string of the molecule is O=C(Nc1ccccc1)[C@H](Nc1nc2ccccc2o1)c1ccccc1. The highest BCUT2D eigenvalue weighted by molar-refractivity contribution is 5.97. The van der Waals surface area contributed by atoms with E-state index in [0.29, 0.717) is 11.6 Å². The van der Waals surface area contributed by atoms with Crippen LogP contribution in [0.25, 0.3) is 11.1 Å². The van der Waals surface area contributed by atoms with Gasteiger partial charge in [-0.2, -0.15) is 4.98 Å². The third-order valence-electron chi connectivity index (χ3n) is 4.00. The third kappa shape index (κ3) is 3.42. The molecule has 0 radical (unpaired) electrons. The van der Waals surface area contributed by atoms with Crippen molar-refractivity contribution in [3.8, 4) is 0 Å². The van der Waals surface area contributed by atoms with Crippen LogP contribution in [0.2, 0.25) is 0 Å². The smallest absolute Gasteiger partial charge is 0.296 e. The monoisotopic (exact) mass is 343 g/mol. The Balaban J connectivity index is 1.63. The molecule has 0 bridgehead atoms. The van der Waals surface area contributed by atoms with Gasteiger partial charge in [-0.1, -0.05) is 60.7 Å². The molecule has 0 saturated heterocycles. The van der Waals surface area contributed by atoms with E-state index < -0.39 is 6.04 Å². The average molecular weight is 343 g/mol. The predicted octanol–water partition coefficient (Wildman–Crippen LogP) is 4.62. The maximum atomic E-state index is 12.9. The Bertz CT molecular complexity index is 980.